The van der Waals surface area contributed by atoms with Gasteiger partial charge in [0.25, 0.3) is 0 Å². The van der Waals surface area contributed by atoms with Crippen LogP contribution in [-0.4, -0.2) is 51.6 Å². The van der Waals surface area contributed by atoms with Crippen molar-refractivity contribution in [3.63, 3.8) is 0 Å². The molecule has 0 aliphatic heterocycles. The molecule has 2 aromatic heterocycles. The van der Waals surface area contributed by atoms with E-state index < -0.39 is 10.0 Å². The third kappa shape index (κ3) is 4.02. The van der Waals surface area contributed by atoms with Gasteiger partial charge in [0.05, 0.1) is 21.7 Å². The van der Waals surface area contributed by atoms with Crippen LogP contribution in [0.1, 0.15) is 31.9 Å². The van der Waals surface area contributed by atoms with Crippen LogP contribution in [0.3, 0.4) is 0 Å². The van der Waals surface area contributed by atoms with E-state index in [4.69, 9.17) is 4.98 Å². The average Bonchev–Trinajstić information content (AvgIpc) is 3.24. The molecule has 0 aliphatic rings. The maximum atomic E-state index is 12.4. The first-order valence-corrected chi connectivity index (χ1v) is 11.2. The Bertz CT molecular complexity index is 1040. The SMILES string of the molecule is CCCn1c(CSc2n[nH]c(CC)n2)nc2cc(S(=O)(=O)N(C)C)ccc21. The van der Waals surface area contributed by atoms with E-state index in [0.717, 1.165) is 36.6 Å². The minimum atomic E-state index is -3.48. The number of benzene rings is 1. The molecule has 0 radical (unpaired) electrons. The average molecular weight is 409 g/mol. The van der Waals surface area contributed by atoms with Crippen molar-refractivity contribution in [2.24, 2.45) is 0 Å². The lowest BCUT2D eigenvalue weighted by Gasteiger charge is -2.11. The number of aromatic amines is 1. The van der Waals surface area contributed by atoms with Crippen LogP contribution < -0.4 is 0 Å². The molecule has 27 heavy (non-hydrogen) atoms. The van der Waals surface area contributed by atoms with Crippen LogP contribution in [0.2, 0.25) is 0 Å². The van der Waals surface area contributed by atoms with Crippen molar-refractivity contribution in [3.8, 4) is 0 Å². The number of hydrogen-bond acceptors (Lipinski definition) is 6. The van der Waals surface area contributed by atoms with Crippen LogP contribution in [0.25, 0.3) is 11.0 Å². The van der Waals surface area contributed by atoms with Gasteiger partial charge in [0.15, 0.2) is 0 Å². The highest BCUT2D eigenvalue weighted by Crippen LogP contribution is 2.26. The van der Waals surface area contributed by atoms with Gasteiger partial charge < -0.3 is 4.57 Å². The maximum Gasteiger partial charge on any atom is 0.242 e. The fraction of sp³-hybridized carbons (Fsp3) is 0.471. The second-order valence-electron chi connectivity index (χ2n) is 6.32. The second-order valence-corrected chi connectivity index (χ2v) is 9.42. The van der Waals surface area contributed by atoms with Crippen LogP contribution in [0.15, 0.2) is 28.3 Å². The number of fused-ring (bicyclic) bond motifs is 1. The summed E-state index contributed by atoms with van der Waals surface area (Å²) in [6.07, 6.45) is 1.77. The highest BCUT2D eigenvalue weighted by Gasteiger charge is 2.20. The third-order valence-corrected chi connectivity index (χ3v) is 6.86. The zero-order chi connectivity index (χ0) is 19.6. The van der Waals surface area contributed by atoms with Crippen LogP contribution in [-0.2, 0) is 28.7 Å². The van der Waals surface area contributed by atoms with Gasteiger partial charge in [-0.1, -0.05) is 25.6 Å². The molecule has 3 aromatic rings. The van der Waals surface area contributed by atoms with E-state index in [9.17, 15) is 8.42 Å². The highest BCUT2D eigenvalue weighted by atomic mass is 32.2. The Morgan fingerprint density at radius 2 is 2.00 bits per heavy atom. The van der Waals surface area contributed by atoms with Gasteiger partial charge in [-0.15, -0.1) is 5.10 Å². The molecule has 0 spiro atoms. The number of aryl methyl sites for hydroxylation is 2. The van der Waals surface area contributed by atoms with Gasteiger partial charge >= 0.3 is 0 Å². The zero-order valence-corrected chi connectivity index (χ0v) is 17.6. The molecule has 146 valence electrons. The summed E-state index contributed by atoms with van der Waals surface area (Å²) in [5.41, 5.74) is 1.63. The first-order chi connectivity index (χ1) is 12.9. The lowest BCUT2D eigenvalue weighted by Crippen LogP contribution is -2.22. The lowest BCUT2D eigenvalue weighted by atomic mass is 10.3. The number of nitrogens with zero attached hydrogens (tertiary/aromatic N) is 5. The molecular formula is C17H24N6O2S2. The van der Waals surface area contributed by atoms with Crippen molar-refractivity contribution < 1.29 is 8.42 Å². The number of hydrogen-bond donors (Lipinski definition) is 1. The van der Waals surface area contributed by atoms with Crippen LogP contribution in [0.5, 0.6) is 0 Å². The molecule has 1 N–H and O–H groups in total. The van der Waals surface area contributed by atoms with Crippen molar-refractivity contribution in [2.75, 3.05) is 14.1 Å². The summed E-state index contributed by atoms with van der Waals surface area (Å²) in [6, 6.07) is 5.13. The van der Waals surface area contributed by atoms with E-state index in [1.165, 1.54) is 30.2 Å². The predicted octanol–water partition coefficient (Wildman–Crippen LogP) is 2.67. The Kier molecular flexibility index (Phi) is 5.87. The van der Waals surface area contributed by atoms with E-state index in [1.807, 2.05) is 13.0 Å². The Balaban J connectivity index is 1.95. The summed E-state index contributed by atoms with van der Waals surface area (Å²) in [4.78, 5) is 9.37. The Morgan fingerprint density at radius 3 is 2.63 bits per heavy atom. The molecule has 0 bridgehead atoms. The fourth-order valence-corrected chi connectivity index (χ4v) is 4.43. The number of nitrogens with one attached hydrogen (secondary N) is 1. The Morgan fingerprint density at radius 1 is 1.22 bits per heavy atom. The molecule has 0 aliphatic carbocycles. The second kappa shape index (κ2) is 7.99. The number of H-pyrrole nitrogens is 1. The van der Waals surface area contributed by atoms with E-state index in [1.54, 1.807) is 12.1 Å². The monoisotopic (exact) mass is 408 g/mol. The molecule has 2 heterocycles. The molecular weight excluding hydrogens is 384 g/mol. The van der Waals surface area contributed by atoms with Gasteiger partial charge in [-0.25, -0.2) is 22.7 Å². The Labute approximate surface area is 163 Å². The topological polar surface area (TPSA) is 96.8 Å². The standard InChI is InChI=1S/C17H24N6O2S2/c1-5-9-23-14-8-7-12(27(24,25)22(3)4)10-13(14)18-16(23)11-26-17-19-15(6-2)20-21-17/h7-8,10H,5-6,9,11H2,1-4H3,(H,19,20,21). The number of aromatic nitrogens is 5. The molecule has 0 fully saturated rings. The van der Waals surface area contributed by atoms with Gasteiger partial charge in [-0.2, -0.15) is 0 Å². The van der Waals surface area contributed by atoms with Crippen molar-refractivity contribution in [2.45, 2.75) is 49.0 Å². The van der Waals surface area contributed by atoms with E-state index in [0.29, 0.717) is 16.4 Å². The molecule has 8 nitrogen and oxygen atoms in total. The minimum absolute atomic E-state index is 0.252. The van der Waals surface area contributed by atoms with Crippen molar-refractivity contribution in [1.82, 2.24) is 29.0 Å². The van der Waals surface area contributed by atoms with Crippen molar-refractivity contribution >= 4 is 32.8 Å². The first kappa shape index (κ1) is 19.8. The van der Waals surface area contributed by atoms with E-state index >= 15 is 0 Å². The minimum Gasteiger partial charge on any atom is -0.327 e. The first-order valence-electron chi connectivity index (χ1n) is 8.82. The summed E-state index contributed by atoms with van der Waals surface area (Å²) in [5, 5.41) is 7.81. The summed E-state index contributed by atoms with van der Waals surface area (Å²) in [7, 11) is -0.432. The van der Waals surface area contributed by atoms with Gasteiger partial charge in [0, 0.05) is 27.1 Å². The van der Waals surface area contributed by atoms with Gasteiger partial charge in [-0.05, 0) is 24.6 Å². The summed E-state index contributed by atoms with van der Waals surface area (Å²) < 4.78 is 28.2. The molecule has 0 amide bonds. The van der Waals surface area contributed by atoms with Crippen LogP contribution in [0.4, 0.5) is 0 Å². The fourth-order valence-electron chi connectivity index (χ4n) is 2.74. The quantitative estimate of drug-likeness (QED) is 0.576. The van der Waals surface area contributed by atoms with E-state index in [-0.39, 0.29) is 4.90 Å². The molecule has 0 saturated heterocycles. The highest BCUT2D eigenvalue weighted by molar-refractivity contribution is 7.98. The summed E-state index contributed by atoms with van der Waals surface area (Å²) in [5.74, 6) is 2.36. The smallest absolute Gasteiger partial charge is 0.242 e. The van der Waals surface area contributed by atoms with Crippen LogP contribution >= 0.6 is 11.8 Å². The normalized spacial score (nSPS) is 12.3. The van der Waals surface area contributed by atoms with Crippen LogP contribution in [0, 0.1) is 0 Å². The predicted molar refractivity (Wildman–Crippen MR) is 106 cm³/mol. The molecule has 1 aromatic carbocycles. The summed E-state index contributed by atoms with van der Waals surface area (Å²) in [6.45, 7) is 4.95. The molecule has 10 heteroatoms. The molecule has 0 atom stereocenters. The Hall–Kier alpha value is -1.91. The number of imidazole rings is 1. The summed E-state index contributed by atoms with van der Waals surface area (Å²) >= 11 is 1.52. The number of rotatable bonds is 8. The molecule has 3 rings (SSSR count). The largest absolute Gasteiger partial charge is 0.327 e. The number of sulfonamides is 1. The van der Waals surface area contributed by atoms with Gasteiger partial charge in [-0.3, -0.25) is 5.10 Å². The maximum absolute atomic E-state index is 12.4. The van der Waals surface area contributed by atoms with Gasteiger partial charge in [0.1, 0.15) is 11.6 Å². The third-order valence-electron chi connectivity index (χ3n) is 4.20. The molecule has 0 unspecified atom stereocenters. The van der Waals surface area contributed by atoms with Crippen molar-refractivity contribution in [3.05, 3.63) is 29.8 Å². The molecule has 0 saturated carbocycles. The van der Waals surface area contributed by atoms with Crippen molar-refractivity contribution in [1.29, 1.82) is 0 Å². The lowest BCUT2D eigenvalue weighted by molar-refractivity contribution is 0.521. The van der Waals surface area contributed by atoms with E-state index in [2.05, 4.69) is 26.7 Å². The zero-order valence-electron chi connectivity index (χ0n) is 15.9. The number of thioether (sulfide) groups is 1. The van der Waals surface area contributed by atoms with Gasteiger partial charge in [0.2, 0.25) is 15.2 Å².